The maximum Gasteiger partial charge on any atom is 0.305 e. The third-order valence-corrected chi connectivity index (χ3v) is 12.3. The molecule has 2 aliphatic heterocycles. The standard InChI is InChI=1S/C55H91N3O17/c1-2-3-4-5-6-7-8-9-10-11-12-13-16-22-51(61)75-45-44-74-43-42-73-41-40-72-39-38-71-37-36-70-35-34-69-33-32-68-31-30-67-29-28-66-27-26-65-25-17-14-15-21-49(59)56-47-20-18-19-46-52(47)55(64)58(54(46)63)48-23-24-50(60)57-53(48)62/h18-20,48H,2-17,21-45H2,1H3,(H,56,59)(H,57,60,62). The molecule has 1 atom stereocenters. The minimum atomic E-state index is -1.08. The molecule has 428 valence electrons. The largest absolute Gasteiger partial charge is 0.463 e. The number of nitrogens with zero attached hydrogens (tertiary/aromatic N) is 1. The van der Waals surface area contributed by atoms with Crippen molar-refractivity contribution in [2.75, 3.05) is 144 Å². The zero-order chi connectivity index (χ0) is 53.7. The summed E-state index contributed by atoms with van der Waals surface area (Å²) in [6.45, 7) is 11.6. The molecule has 2 heterocycles. The van der Waals surface area contributed by atoms with Gasteiger partial charge in [-0.2, -0.15) is 0 Å². The number of rotatable bonds is 52. The summed E-state index contributed by atoms with van der Waals surface area (Å²) in [5, 5.41) is 4.91. The number of nitrogens with one attached hydrogen (secondary N) is 2. The van der Waals surface area contributed by atoms with Crippen molar-refractivity contribution in [3.63, 3.8) is 0 Å². The highest BCUT2D eigenvalue weighted by atomic mass is 16.6. The van der Waals surface area contributed by atoms with Gasteiger partial charge in [0, 0.05) is 25.9 Å². The van der Waals surface area contributed by atoms with Gasteiger partial charge in [-0.1, -0.05) is 96.5 Å². The van der Waals surface area contributed by atoms with E-state index in [0.717, 1.165) is 30.6 Å². The summed E-state index contributed by atoms with van der Waals surface area (Å²) in [6, 6.07) is 3.53. The van der Waals surface area contributed by atoms with Crippen molar-refractivity contribution in [3.8, 4) is 0 Å². The molecule has 0 aliphatic carbocycles. The van der Waals surface area contributed by atoms with Gasteiger partial charge in [0.2, 0.25) is 17.7 Å². The van der Waals surface area contributed by atoms with Gasteiger partial charge in [0.05, 0.1) is 142 Å². The predicted molar refractivity (Wildman–Crippen MR) is 280 cm³/mol. The number of unbranched alkanes of at least 4 members (excludes halogenated alkanes) is 14. The maximum atomic E-state index is 13.2. The first-order valence-electron chi connectivity index (χ1n) is 27.9. The number of piperidine rings is 1. The van der Waals surface area contributed by atoms with E-state index in [0.29, 0.717) is 145 Å². The molecule has 20 heteroatoms. The molecule has 0 radical (unpaired) electrons. The molecule has 1 fully saturated rings. The average molecular weight is 1070 g/mol. The number of carbonyl (C=O) groups excluding carboxylic acids is 6. The van der Waals surface area contributed by atoms with E-state index in [1.54, 1.807) is 12.1 Å². The molecule has 1 aromatic rings. The zero-order valence-corrected chi connectivity index (χ0v) is 45.2. The van der Waals surface area contributed by atoms with Crippen LogP contribution in [0.5, 0.6) is 0 Å². The molecule has 0 spiro atoms. The molecule has 0 aromatic heterocycles. The summed E-state index contributed by atoms with van der Waals surface area (Å²) in [7, 11) is 0. The molecule has 5 amide bonds. The van der Waals surface area contributed by atoms with Crippen LogP contribution in [0, 0.1) is 0 Å². The summed E-state index contributed by atoms with van der Waals surface area (Å²) >= 11 is 0. The third-order valence-electron chi connectivity index (χ3n) is 12.3. The van der Waals surface area contributed by atoms with E-state index < -0.39 is 29.7 Å². The first-order valence-corrected chi connectivity index (χ1v) is 27.9. The Morgan fingerprint density at radius 2 is 0.893 bits per heavy atom. The fraction of sp³-hybridized carbons (Fsp3) is 0.782. The third kappa shape index (κ3) is 31.8. The van der Waals surface area contributed by atoms with Crippen molar-refractivity contribution < 1.29 is 80.9 Å². The molecular formula is C55H91N3O17. The van der Waals surface area contributed by atoms with Gasteiger partial charge in [-0.25, -0.2) is 0 Å². The monoisotopic (exact) mass is 1070 g/mol. The zero-order valence-electron chi connectivity index (χ0n) is 45.2. The lowest BCUT2D eigenvalue weighted by Gasteiger charge is -2.27. The van der Waals surface area contributed by atoms with Crippen LogP contribution in [0.2, 0.25) is 0 Å². The van der Waals surface area contributed by atoms with Crippen molar-refractivity contribution >= 4 is 41.2 Å². The highest BCUT2D eigenvalue weighted by Gasteiger charge is 2.45. The van der Waals surface area contributed by atoms with Gasteiger partial charge in [-0.15, -0.1) is 0 Å². The summed E-state index contributed by atoms with van der Waals surface area (Å²) in [5.41, 5.74) is 0.375. The van der Waals surface area contributed by atoms with Gasteiger partial charge in [0.15, 0.2) is 0 Å². The molecular weight excluding hydrogens is 975 g/mol. The number of fused-ring (bicyclic) bond motifs is 1. The fourth-order valence-electron chi connectivity index (χ4n) is 8.15. The minimum absolute atomic E-state index is 0.0253. The minimum Gasteiger partial charge on any atom is -0.463 e. The van der Waals surface area contributed by atoms with Crippen LogP contribution in [-0.2, 0) is 71.3 Å². The molecule has 3 rings (SSSR count). The number of imide groups is 2. The quantitative estimate of drug-likeness (QED) is 0.0389. The van der Waals surface area contributed by atoms with Crippen LogP contribution in [0.3, 0.4) is 0 Å². The Labute approximate surface area is 445 Å². The van der Waals surface area contributed by atoms with Gasteiger partial charge in [0.1, 0.15) is 12.6 Å². The van der Waals surface area contributed by atoms with E-state index in [9.17, 15) is 28.8 Å². The average Bonchev–Trinajstić information content (AvgIpc) is 3.66. The van der Waals surface area contributed by atoms with Crippen LogP contribution in [0.15, 0.2) is 18.2 Å². The Hall–Kier alpha value is -3.96. The van der Waals surface area contributed by atoms with Crippen LogP contribution in [-0.4, -0.2) is 185 Å². The van der Waals surface area contributed by atoms with E-state index >= 15 is 0 Å². The van der Waals surface area contributed by atoms with Crippen LogP contribution < -0.4 is 10.6 Å². The number of hydrogen-bond donors (Lipinski definition) is 2. The van der Waals surface area contributed by atoms with Crippen LogP contribution in [0.4, 0.5) is 5.69 Å². The second-order valence-corrected chi connectivity index (χ2v) is 18.4. The maximum absolute atomic E-state index is 13.2. The number of benzene rings is 1. The fourth-order valence-corrected chi connectivity index (χ4v) is 8.15. The first kappa shape index (κ1) is 65.3. The lowest BCUT2D eigenvalue weighted by Crippen LogP contribution is -2.54. The Kier molecular flexibility index (Phi) is 39.3. The molecule has 1 unspecified atom stereocenters. The van der Waals surface area contributed by atoms with Crippen LogP contribution >= 0.6 is 0 Å². The number of esters is 1. The molecule has 2 N–H and O–H groups in total. The lowest BCUT2D eigenvalue weighted by molar-refractivity contribution is -0.145. The van der Waals surface area contributed by atoms with Gasteiger partial charge in [-0.05, 0) is 37.8 Å². The summed E-state index contributed by atoms with van der Waals surface area (Å²) < 4.78 is 60.5. The number of amides is 5. The number of ether oxygens (including phenoxy) is 11. The highest BCUT2D eigenvalue weighted by molar-refractivity contribution is 6.26. The molecule has 1 saturated heterocycles. The van der Waals surface area contributed by atoms with E-state index in [2.05, 4.69) is 17.6 Å². The molecule has 0 bridgehead atoms. The second-order valence-electron chi connectivity index (χ2n) is 18.4. The topological polar surface area (TPSA) is 231 Å². The Morgan fingerprint density at radius 3 is 1.35 bits per heavy atom. The smallest absolute Gasteiger partial charge is 0.305 e. The second kappa shape index (κ2) is 45.1. The Balaban J connectivity index is 0.938. The van der Waals surface area contributed by atoms with Gasteiger partial charge >= 0.3 is 5.97 Å². The van der Waals surface area contributed by atoms with E-state index in [-0.39, 0.29) is 54.6 Å². The lowest BCUT2D eigenvalue weighted by atomic mass is 10.0. The number of carbonyl (C=O) groups is 6. The summed E-state index contributed by atoms with van der Waals surface area (Å²) in [5.74, 6) is -2.87. The van der Waals surface area contributed by atoms with Crippen molar-refractivity contribution in [3.05, 3.63) is 29.3 Å². The normalized spacial score (nSPS) is 14.5. The first-order chi connectivity index (χ1) is 36.8. The van der Waals surface area contributed by atoms with Crippen LogP contribution in [0.1, 0.15) is 156 Å². The van der Waals surface area contributed by atoms with Crippen molar-refractivity contribution in [1.29, 1.82) is 0 Å². The molecule has 20 nitrogen and oxygen atoms in total. The number of hydrogen-bond acceptors (Lipinski definition) is 17. The number of anilines is 1. The molecule has 1 aromatic carbocycles. The molecule has 2 aliphatic rings. The Morgan fingerprint density at radius 1 is 0.493 bits per heavy atom. The SMILES string of the molecule is CCCCCCCCCCCCCCCC(=O)OCCOCCOCCOCCOCCOCCOCCOCCOCCOCCOCCCCCC(=O)Nc1cccc2c1C(=O)N(C1CCC(=O)NC1=O)C2=O. The van der Waals surface area contributed by atoms with E-state index in [1.807, 2.05) is 0 Å². The molecule has 75 heavy (non-hydrogen) atoms. The van der Waals surface area contributed by atoms with Gasteiger partial charge in [-0.3, -0.25) is 39.0 Å². The van der Waals surface area contributed by atoms with Crippen molar-refractivity contribution in [2.45, 2.75) is 141 Å². The Bertz CT molecular complexity index is 1700. The predicted octanol–water partition coefficient (Wildman–Crippen LogP) is 6.78. The van der Waals surface area contributed by atoms with Crippen LogP contribution in [0.25, 0.3) is 0 Å². The summed E-state index contributed by atoms with van der Waals surface area (Å²) in [6.07, 6.45) is 19.6. The van der Waals surface area contributed by atoms with E-state index in [4.69, 9.17) is 52.1 Å². The summed E-state index contributed by atoms with van der Waals surface area (Å²) in [4.78, 5) is 75.6. The van der Waals surface area contributed by atoms with Gasteiger partial charge < -0.3 is 57.4 Å². The molecule has 0 saturated carbocycles. The van der Waals surface area contributed by atoms with Gasteiger partial charge in [0.25, 0.3) is 11.8 Å². The van der Waals surface area contributed by atoms with Crippen molar-refractivity contribution in [1.82, 2.24) is 10.2 Å². The van der Waals surface area contributed by atoms with Crippen molar-refractivity contribution in [2.24, 2.45) is 0 Å². The highest BCUT2D eigenvalue weighted by Crippen LogP contribution is 2.32. The van der Waals surface area contributed by atoms with E-state index in [1.165, 1.54) is 76.7 Å².